The number of nitrogens with zero attached hydrogens (tertiary/aromatic N) is 1. The average Bonchev–Trinajstić information content (AvgIpc) is 2.77. The summed E-state index contributed by atoms with van der Waals surface area (Å²) in [6.07, 6.45) is 1.58. The van der Waals surface area contributed by atoms with Crippen LogP contribution in [0.25, 0.3) is 27.6 Å². The number of anilines is 1. The molecule has 1 heterocycles. The molecule has 0 aromatic heterocycles. The molecule has 5 nitrogen and oxygen atoms in total. The van der Waals surface area contributed by atoms with Crippen LogP contribution in [0.2, 0.25) is 0 Å². The van der Waals surface area contributed by atoms with Crippen molar-refractivity contribution >= 4 is 67.1 Å². The predicted molar refractivity (Wildman–Crippen MR) is 125 cm³/mol. The molecule has 1 fully saturated rings. The van der Waals surface area contributed by atoms with Gasteiger partial charge in [0.25, 0.3) is 11.8 Å². The van der Waals surface area contributed by atoms with Crippen LogP contribution in [0.1, 0.15) is 5.56 Å². The molecule has 1 saturated heterocycles. The van der Waals surface area contributed by atoms with Crippen LogP contribution in [0.4, 0.5) is 10.5 Å². The van der Waals surface area contributed by atoms with Crippen molar-refractivity contribution in [3.63, 3.8) is 0 Å². The summed E-state index contributed by atoms with van der Waals surface area (Å²) in [5.41, 5.74) is 1.05. The number of imide groups is 2. The van der Waals surface area contributed by atoms with E-state index in [1.807, 2.05) is 48.5 Å². The van der Waals surface area contributed by atoms with Crippen LogP contribution in [-0.2, 0) is 9.59 Å². The van der Waals surface area contributed by atoms with Gasteiger partial charge in [-0.25, -0.2) is 9.69 Å². The zero-order chi connectivity index (χ0) is 21.5. The van der Waals surface area contributed by atoms with E-state index >= 15 is 0 Å². The Kier molecular flexibility index (Phi) is 4.64. The number of urea groups is 1. The summed E-state index contributed by atoms with van der Waals surface area (Å²) in [4.78, 5) is 39.4. The quantitative estimate of drug-likeness (QED) is 0.241. The number of fused-ring (bicyclic) bond motifs is 2. The first-order valence-electron chi connectivity index (χ1n) is 9.60. The molecule has 4 amide bonds. The van der Waals surface area contributed by atoms with E-state index in [1.165, 1.54) is 0 Å². The van der Waals surface area contributed by atoms with E-state index in [9.17, 15) is 14.4 Å². The summed E-state index contributed by atoms with van der Waals surface area (Å²) < 4.78 is 0.815. The van der Waals surface area contributed by atoms with Gasteiger partial charge < -0.3 is 0 Å². The third kappa shape index (κ3) is 3.31. The van der Waals surface area contributed by atoms with Crippen molar-refractivity contribution in [3.05, 3.63) is 94.5 Å². The fraction of sp³-hybridized carbons (Fsp3) is 0. The van der Waals surface area contributed by atoms with E-state index < -0.39 is 17.8 Å². The smallest absolute Gasteiger partial charge is 0.273 e. The molecule has 5 rings (SSSR count). The monoisotopic (exact) mass is 470 g/mol. The molecular weight excluding hydrogens is 456 g/mol. The summed E-state index contributed by atoms with van der Waals surface area (Å²) >= 11 is 3.34. The molecule has 0 aliphatic carbocycles. The third-order valence-electron chi connectivity index (χ3n) is 5.29. The lowest BCUT2D eigenvalue weighted by molar-refractivity contribution is -0.122. The van der Waals surface area contributed by atoms with Gasteiger partial charge in [0.1, 0.15) is 5.57 Å². The normalized spacial score (nSPS) is 15.7. The van der Waals surface area contributed by atoms with Gasteiger partial charge in [-0.3, -0.25) is 14.9 Å². The molecule has 0 spiro atoms. The molecule has 0 unspecified atom stereocenters. The Hall–Kier alpha value is -3.77. The van der Waals surface area contributed by atoms with E-state index in [4.69, 9.17) is 0 Å². The molecule has 31 heavy (non-hydrogen) atoms. The van der Waals surface area contributed by atoms with Crippen LogP contribution in [0.5, 0.6) is 0 Å². The minimum absolute atomic E-state index is 0.0935. The molecule has 4 aromatic rings. The van der Waals surface area contributed by atoms with E-state index in [1.54, 1.807) is 30.3 Å². The number of rotatable bonds is 2. The van der Waals surface area contributed by atoms with Crippen LogP contribution < -0.4 is 10.2 Å². The molecule has 150 valence electrons. The Balaban J connectivity index is 1.71. The summed E-state index contributed by atoms with van der Waals surface area (Å²) in [5.74, 6) is -1.37. The Morgan fingerprint density at radius 3 is 1.97 bits per heavy atom. The fourth-order valence-corrected chi connectivity index (χ4v) is 4.10. The van der Waals surface area contributed by atoms with E-state index in [2.05, 4.69) is 27.3 Å². The molecule has 4 aromatic carbocycles. The number of amides is 4. The van der Waals surface area contributed by atoms with Crippen molar-refractivity contribution in [2.45, 2.75) is 0 Å². The number of barbiturate groups is 1. The molecule has 6 heteroatoms. The Labute approximate surface area is 186 Å². The van der Waals surface area contributed by atoms with Gasteiger partial charge >= 0.3 is 6.03 Å². The largest absolute Gasteiger partial charge is 0.335 e. The highest BCUT2D eigenvalue weighted by molar-refractivity contribution is 9.10. The number of halogens is 1. The van der Waals surface area contributed by atoms with Gasteiger partial charge in [-0.2, -0.15) is 0 Å². The molecule has 0 atom stereocenters. The number of hydrogen-bond donors (Lipinski definition) is 1. The van der Waals surface area contributed by atoms with E-state index in [0.717, 1.165) is 36.5 Å². The average molecular weight is 471 g/mol. The highest BCUT2D eigenvalue weighted by Gasteiger charge is 2.37. The number of carbonyl (C=O) groups is 3. The molecule has 1 aliphatic heterocycles. The van der Waals surface area contributed by atoms with Crippen molar-refractivity contribution in [1.29, 1.82) is 0 Å². The van der Waals surface area contributed by atoms with Crippen molar-refractivity contribution in [2.75, 3.05) is 4.90 Å². The van der Waals surface area contributed by atoms with Crippen molar-refractivity contribution < 1.29 is 14.4 Å². The lowest BCUT2D eigenvalue weighted by atomic mass is 9.94. The Bertz CT molecular complexity index is 1370. The maximum Gasteiger partial charge on any atom is 0.335 e. The van der Waals surface area contributed by atoms with Gasteiger partial charge in [-0.05, 0) is 63.5 Å². The second kappa shape index (κ2) is 7.49. The summed E-state index contributed by atoms with van der Waals surface area (Å²) in [7, 11) is 0. The minimum Gasteiger partial charge on any atom is -0.273 e. The Morgan fingerprint density at radius 1 is 0.774 bits per heavy atom. The summed E-state index contributed by atoms with van der Waals surface area (Å²) in [6, 6.07) is 23.7. The van der Waals surface area contributed by atoms with Crippen molar-refractivity contribution in [2.24, 2.45) is 0 Å². The lowest BCUT2D eigenvalue weighted by Crippen LogP contribution is -2.54. The van der Waals surface area contributed by atoms with Gasteiger partial charge in [-0.1, -0.05) is 64.5 Å². The molecule has 0 bridgehead atoms. The lowest BCUT2D eigenvalue weighted by Gasteiger charge is -2.26. The van der Waals surface area contributed by atoms with Crippen LogP contribution in [0.3, 0.4) is 0 Å². The molecule has 0 saturated carbocycles. The van der Waals surface area contributed by atoms with E-state index in [0.29, 0.717) is 5.69 Å². The summed E-state index contributed by atoms with van der Waals surface area (Å²) in [5, 5.41) is 6.12. The van der Waals surface area contributed by atoms with Gasteiger partial charge in [-0.15, -0.1) is 0 Å². The molecule has 1 N–H and O–H groups in total. The van der Waals surface area contributed by atoms with Crippen molar-refractivity contribution in [1.82, 2.24) is 5.32 Å². The number of carbonyl (C=O) groups excluding carboxylic acids is 3. The second-order valence-corrected chi connectivity index (χ2v) is 8.08. The first-order chi connectivity index (χ1) is 15.0. The zero-order valence-electron chi connectivity index (χ0n) is 16.1. The van der Waals surface area contributed by atoms with Gasteiger partial charge in [0, 0.05) is 4.47 Å². The molecule has 0 radical (unpaired) electrons. The third-order valence-corrected chi connectivity index (χ3v) is 5.82. The molecular formula is C25H15BrN2O3. The number of nitrogens with one attached hydrogen (secondary N) is 1. The van der Waals surface area contributed by atoms with E-state index in [-0.39, 0.29) is 5.57 Å². The van der Waals surface area contributed by atoms with Gasteiger partial charge in [0.2, 0.25) is 0 Å². The first kappa shape index (κ1) is 19.2. The second-order valence-electron chi connectivity index (χ2n) is 7.17. The maximum atomic E-state index is 13.3. The molecule has 1 aliphatic rings. The van der Waals surface area contributed by atoms with Crippen LogP contribution >= 0.6 is 15.9 Å². The van der Waals surface area contributed by atoms with Gasteiger partial charge in [0.05, 0.1) is 5.69 Å². The summed E-state index contributed by atoms with van der Waals surface area (Å²) in [6.45, 7) is 0. The minimum atomic E-state index is -0.766. The fourth-order valence-electron chi connectivity index (χ4n) is 3.83. The van der Waals surface area contributed by atoms with Crippen LogP contribution in [0.15, 0.2) is 88.9 Å². The topological polar surface area (TPSA) is 66.5 Å². The van der Waals surface area contributed by atoms with Crippen molar-refractivity contribution in [3.8, 4) is 0 Å². The predicted octanol–water partition coefficient (Wildman–Crippen LogP) is 5.42. The first-order valence-corrected chi connectivity index (χ1v) is 10.4. The van der Waals surface area contributed by atoms with Gasteiger partial charge in [0.15, 0.2) is 0 Å². The highest BCUT2D eigenvalue weighted by Crippen LogP contribution is 2.31. The highest BCUT2D eigenvalue weighted by atomic mass is 79.9. The SMILES string of the molecule is O=C1NC(=O)N(c2ccc(Br)cc2)C(=O)/C1=C\c1c2ccccc2cc2ccccc12. The standard InChI is InChI=1S/C25H15BrN2O3/c26-17-9-11-18(12-10-17)28-24(30)22(23(29)27-25(28)31)14-21-19-7-3-1-5-15(19)13-16-6-2-4-8-20(16)21/h1-14H,(H,27,29,31)/b22-14-. The zero-order valence-corrected chi connectivity index (χ0v) is 17.7. The van der Waals surface area contributed by atoms with Crippen LogP contribution in [0, 0.1) is 0 Å². The number of benzene rings is 4. The Morgan fingerprint density at radius 2 is 1.35 bits per heavy atom. The van der Waals surface area contributed by atoms with Crippen LogP contribution in [-0.4, -0.2) is 17.8 Å². The maximum absolute atomic E-state index is 13.3. The number of hydrogen-bond acceptors (Lipinski definition) is 3.